The number of esters is 1. The molecule has 0 aromatic heterocycles. The van der Waals surface area contributed by atoms with Gasteiger partial charge in [0.25, 0.3) is 5.69 Å². The lowest BCUT2D eigenvalue weighted by Crippen LogP contribution is -2.12. The second-order valence-corrected chi connectivity index (χ2v) is 5.01. The Kier molecular flexibility index (Phi) is 4.45. The van der Waals surface area contributed by atoms with Crippen LogP contribution in [0.4, 0.5) is 5.69 Å². The quantitative estimate of drug-likeness (QED) is 0.362. The summed E-state index contributed by atoms with van der Waals surface area (Å²) in [6, 6.07) is 8.72. The van der Waals surface area contributed by atoms with Crippen LogP contribution in [0.2, 0.25) is 10.0 Å². The zero-order valence-corrected chi connectivity index (χ0v) is 12.3. The molecule has 2 rings (SSSR count). The van der Waals surface area contributed by atoms with E-state index >= 15 is 0 Å². The third-order valence-corrected chi connectivity index (χ3v) is 3.48. The van der Waals surface area contributed by atoms with Gasteiger partial charge in [-0.1, -0.05) is 35.3 Å². The molecule has 0 atom stereocenters. The largest absolute Gasteiger partial charge is 0.423 e. The molecule has 0 radical (unpaired) electrons. The van der Waals surface area contributed by atoms with Gasteiger partial charge in [-0.05, 0) is 25.1 Å². The van der Waals surface area contributed by atoms with Crippen LogP contribution in [0.25, 0.3) is 0 Å². The Morgan fingerprint density at radius 2 is 1.90 bits per heavy atom. The van der Waals surface area contributed by atoms with Gasteiger partial charge in [-0.2, -0.15) is 0 Å². The predicted molar refractivity (Wildman–Crippen MR) is 79.3 cm³/mol. The van der Waals surface area contributed by atoms with Gasteiger partial charge < -0.3 is 4.74 Å². The summed E-state index contributed by atoms with van der Waals surface area (Å²) in [7, 11) is 0. The van der Waals surface area contributed by atoms with Crippen molar-refractivity contribution < 1.29 is 14.5 Å². The normalized spacial score (nSPS) is 10.2. The number of nitro benzene ring substituents is 1. The molecule has 0 fully saturated rings. The molecule has 0 saturated heterocycles. The van der Waals surface area contributed by atoms with E-state index in [1.165, 1.54) is 24.3 Å². The lowest BCUT2D eigenvalue weighted by molar-refractivity contribution is -0.385. The van der Waals surface area contributed by atoms with Crippen LogP contribution in [0.1, 0.15) is 15.9 Å². The second kappa shape index (κ2) is 6.11. The van der Waals surface area contributed by atoms with Gasteiger partial charge in [0, 0.05) is 11.6 Å². The second-order valence-electron chi connectivity index (χ2n) is 4.19. The molecule has 2 aromatic rings. The first-order valence-corrected chi connectivity index (χ1v) is 6.57. The lowest BCUT2D eigenvalue weighted by atomic mass is 10.1. The monoisotopic (exact) mass is 325 g/mol. The molecule has 0 saturated carbocycles. The molecular formula is C14H9Cl2NO4. The Bertz CT molecular complexity index is 731. The Labute approximate surface area is 130 Å². The number of rotatable bonds is 3. The van der Waals surface area contributed by atoms with Crippen LogP contribution in [0, 0.1) is 17.0 Å². The van der Waals surface area contributed by atoms with Crippen molar-refractivity contribution in [1.82, 2.24) is 0 Å². The van der Waals surface area contributed by atoms with Gasteiger partial charge >= 0.3 is 5.97 Å². The first kappa shape index (κ1) is 15.3. The number of hydrogen-bond acceptors (Lipinski definition) is 4. The average Bonchev–Trinajstić information content (AvgIpc) is 2.42. The number of carbonyl (C=O) groups is 1. The van der Waals surface area contributed by atoms with Crippen LogP contribution in [-0.4, -0.2) is 10.9 Å². The molecule has 7 heteroatoms. The lowest BCUT2D eigenvalue weighted by Gasteiger charge is -2.07. The van der Waals surface area contributed by atoms with E-state index in [0.717, 1.165) is 0 Å². The molecule has 0 aliphatic heterocycles. The molecule has 0 N–H and O–H groups in total. The molecule has 0 aliphatic carbocycles. The first-order chi connectivity index (χ1) is 9.90. The summed E-state index contributed by atoms with van der Waals surface area (Å²) in [5.41, 5.74) is -0.0165. The highest BCUT2D eigenvalue weighted by molar-refractivity contribution is 6.42. The third kappa shape index (κ3) is 3.32. The molecule has 2 aromatic carbocycles. The van der Waals surface area contributed by atoms with Crippen molar-refractivity contribution in [2.45, 2.75) is 6.92 Å². The van der Waals surface area contributed by atoms with Crippen LogP contribution in [0.15, 0.2) is 36.4 Å². The summed E-state index contributed by atoms with van der Waals surface area (Å²) in [6.07, 6.45) is 0. The van der Waals surface area contributed by atoms with E-state index < -0.39 is 10.9 Å². The van der Waals surface area contributed by atoms with Crippen molar-refractivity contribution in [3.63, 3.8) is 0 Å². The SMILES string of the molecule is Cc1cccc(C(=O)Oc2ccc(Cl)c(Cl)c2)c1[N+](=O)[O-]. The number of nitrogens with zero attached hydrogens (tertiary/aromatic N) is 1. The Hall–Kier alpha value is -2.11. The zero-order valence-electron chi connectivity index (χ0n) is 10.8. The molecule has 0 spiro atoms. The van der Waals surface area contributed by atoms with Gasteiger partial charge in [0.15, 0.2) is 0 Å². The smallest absolute Gasteiger partial charge is 0.350 e. The summed E-state index contributed by atoms with van der Waals surface area (Å²) in [6.45, 7) is 1.55. The summed E-state index contributed by atoms with van der Waals surface area (Å²) >= 11 is 11.6. The van der Waals surface area contributed by atoms with Crippen molar-refractivity contribution in [3.8, 4) is 5.75 Å². The number of halogens is 2. The van der Waals surface area contributed by atoms with Crippen LogP contribution in [-0.2, 0) is 0 Å². The number of nitro groups is 1. The van der Waals surface area contributed by atoms with Crippen molar-refractivity contribution in [2.75, 3.05) is 0 Å². The highest BCUT2D eigenvalue weighted by Gasteiger charge is 2.24. The minimum absolute atomic E-state index is 0.119. The van der Waals surface area contributed by atoms with E-state index in [0.29, 0.717) is 10.6 Å². The number of aryl methyl sites for hydroxylation is 1. The van der Waals surface area contributed by atoms with Crippen molar-refractivity contribution >= 4 is 34.9 Å². The number of carbonyl (C=O) groups excluding carboxylic acids is 1. The van der Waals surface area contributed by atoms with Gasteiger partial charge in [0.05, 0.1) is 15.0 Å². The fourth-order valence-electron chi connectivity index (χ4n) is 1.77. The van der Waals surface area contributed by atoms with Gasteiger partial charge in [-0.25, -0.2) is 4.79 Å². The standard InChI is InChI=1S/C14H9Cl2NO4/c1-8-3-2-4-10(13(8)17(19)20)14(18)21-9-5-6-11(15)12(16)7-9/h2-7H,1H3. The van der Waals surface area contributed by atoms with E-state index in [9.17, 15) is 14.9 Å². The summed E-state index contributed by atoms with van der Waals surface area (Å²) in [5, 5.41) is 11.6. The minimum Gasteiger partial charge on any atom is -0.423 e. The summed E-state index contributed by atoms with van der Waals surface area (Å²) < 4.78 is 5.10. The van der Waals surface area contributed by atoms with E-state index in [-0.39, 0.29) is 22.0 Å². The number of para-hydroxylation sites is 1. The maximum Gasteiger partial charge on any atom is 0.350 e. The topological polar surface area (TPSA) is 69.4 Å². The van der Waals surface area contributed by atoms with Gasteiger partial charge in [0.2, 0.25) is 0 Å². The van der Waals surface area contributed by atoms with E-state index in [2.05, 4.69) is 0 Å². The maximum atomic E-state index is 12.1. The van der Waals surface area contributed by atoms with Crippen LogP contribution in [0.3, 0.4) is 0 Å². The first-order valence-electron chi connectivity index (χ1n) is 5.81. The fourth-order valence-corrected chi connectivity index (χ4v) is 2.06. The van der Waals surface area contributed by atoms with Gasteiger partial charge in [0.1, 0.15) is 11.3 Å². The Morgan fingerprint density at radius 3 is 2.52 bits per heavy atom. The molecule has 0 aliphatic rings. The van der Waals surface area contributed by atoms with E-state index in [1.54, 1.807) is 19.1 Å². The van der Waals surface area contributed by atoms with E-state index in [1.807, 2.05) is 0 Å². The van der Waals surface area contributed by atoms with Crippen LogP contribution >= 0.6 is 23.2 Å². The van der Waals surface area contributed by atoms with Crippen LogP contribution < -0.4 is 4.74 Å². The molecule has 5 nitrogen and oxygen atoms in total. The van der Waals surface area contributed by atoms with E-state index in [4.69, 9.17) is 27.9 Å². The van der Waals surface area contributed by atoms with Gasteiger partial charge in [-0.15, -0.1) is 0 Å². The zero-order chi connectivity index (χ0) is 15.6. The number of ether oxygens (including phenoxy) is 1. The number of hydrogen-bond donors (Lipinski definition) is 0. The average molecular weight is 326 g/mol. The summed E-state index contributed by atoms with van der Waals surface area (Å²) in [5.74, 6) is -0.672. The van der Waals surface area contributed by atoms with Crippen molar-refractivity contribution in [2.24, 2.45) is 0 Å². The van der Waals surface area contributed by atoms with Crippen LogP contribution in [0.5, 0.6) is 5.75 Å². The molecule has 0 bridgehead atoms. The van der Waals surface area contributed by atoms with Crippen molar-refractivity contribution in [1.29, 1.82) is 0 Å². The van der Waals surface area contributed by atoms with Gasteiger partial charge in [-0.3, -0.25) is 10.1 Å². The molecule has 0 unspecified atom stereocenters. The Balaban J connectivity index is 2.35. The minimum atomic E-state index is -0.830. The highest BCUT2D eigenvalue weighted by atomic mass is 35.5. The third-order valence-electron chi connectivity index (χ3n) is 2.74. The fraction of sp³-hybridized carbons (Fsp3) is 0.0714. The molecular weight excluding hydrogens is 317 g/mol. The van der Waals surface area contributed by atoms with Crippen molar-refractivity contribution in [3.05, 3.63) is 67.7 Å². The molecule has 21 heavy (non-hydrogen) atoms. The number of benzene rings is 2. The Morgan fingerprint density at radius 1 is 1.19 bits per heavy atom. The molecule has 108 valence electrons. The maximum absolute atomic E-state index is 12.1. The molecule has 0 amide bonds. The highest BCUT2D eigenvalue weighted by Crippen LogP contribution is 2.28. The summed E-state index contributed by atoms with van der Waals surface area (Å²) in [4.78, 5) is 22.5. The molecule has 0 heterocycles. The predicted octanol–water partition coefficient (Wildman–Crippen LogP) is 4.43.